The van der Waals surface area contributed by atoms with Crippen LogP contribution in [0.2, 0.25) is 0 Å². The maximum absolute atomic E-state index is 12.5. The summed E-state index contributed by atoms with van der Waals surface area (Å²) < 4.78 is 0. The lowest BCUT2D eigenvalue weighted by atomic mass is 10.0. The second kappa shape index (κ2) is 9.02. The number of non-ortho nitro benzene ring substituents is 1. The Kier molecular flexibility index (Phi) is 6.91. The van der Waals surface area contributed by atoms with Crippen LogP contribution in [0.3, 0.4) is 0 Å². The molecule has 9 nitrogen and oxygen atoms in total. The number of nitro groups is 1. The number of hydrogen-bond donors (Lipinski definition) is 3. The van der Waals surface area contributed by atoms with Crippen LogP contribution in [0.4, 0.5) is 5.69 Å². The minimum atomic E-state index is -0.511. The van der Waals surface area contributed by atoms with Crippen molar-refractivity contribution in [3.63, 3.8) is 0 Å². The smallest absolute Gasteiger partial charge is 0.270 e. The summed E-state index contributed by atoms with van der Waals surface area (Å²) in [6.07, 6.45) is 1.67. The number of aromatic amines is 1. The van der Waals surface area contributed by atoms with Crippen molar-refractivity contribution in [1.82, 2.24) is 14.9 Å². The lowest BCUT2D eigenvalue weighted by Crippen LogP contribution is -2.29. The fourth-order valence-electron chi connectivity index (χ4n) is 2.96. The van der Waals surface area contributed by atoms with E-state index in [-0.39, 0.29) is 41.3 Å². The molecule has 10 heteroatoms. The number of nitrogens with one attached hydrogen (secondary N) is 2. The molecule has 1 aromatic carbocycles. The van der Waals surface area contributed by atoms with Crippen LogP contribution in [-0.4, -0.2) is 56.5 Å². The molecule has 0 saturated carbocycles. The van der Waals surface area contributed by atoms with Crippen molar-refractivity contribution >= 4 is 40.5 Å². The molecule has 1 atom stereocenters. The van der Waals surface area contributed by atoms with Gasteiger partial charge in [0.1, 0.15) is 0 Å². The summed E-state index contributed by atoms with van der Waals surface area (Å²) in [4.78, 5) is 32.0. The molecular weight excluding hydrogens is 410 g/mol. The van der Waals surface area contributed by atoms with Crippen molar-refractivity contribution in [1.29, 1.82) is 5.41 Å². The van der Waals surface area contributed by atoms with Crippen molar-refractivity contribution in [3.05, 3.63) is 52.2 Å². The number of aromatic hydroxyl groups is 1. The predicted octanol–water partition coefficient (Wildman–Crippen LogP) is 3.81. The van der Waals surface area contributed by atoms with E-state index in [1.54, 1.807) is 6.07 Å². The number of nitro benzene ring substituents is 1. The zero-order valence-corrected chi connectivity index (χ0v) is 17.5. The molecule has 0 aliphatic rings. The van der Waals surface area contributed by atoms with E-state index in [0.29, 0.717) is 28.6 Å². The number of hydrogen-bond acceptors (Lipinski definition) is 7. The minimum Gasteiger partial charge on any atom is -0.494 e. The Labute approximate surface area is 178 Å². The second-order valence-electron chi connectivity index (χ2n) is 7.09. The van der Waals surface area contributed by atoms with Gasteiger partial charge in [-0.2, -0.15) is 0 Å². The van der Waals surface area contributed by atoms with E-state index in [2.05, 4.69) is 9.97 Å². The van der Waals surface area contributed by atoms with Gasteiger partial charge in [0.2, 0.25) is 5.78 Å². The number of benzene rings is 1. The predicted molar refractivity (Wildman–Crippen MR) is 117 cm³/mol. The summed E-state index contributed by atoms with van der Waals surface area (Å²) in [5.41, 5.74) is 1.37. The van der Waals surface area contributed by atoms with E-state index in [1.807, 2.05) is 25.9 Å². The molecule has 0 spiro atoms. The first-order chi connectivity index (χ1) is 13.7. The third-order valence-corrected chi connectivity index (χ3v) is 4.91. The number of H-pyrrole nitrogens is 1. The number of Topliss-reactive ketones (excluding diaryl/α,β-unsaturated/α-hetero) is 1. The molecule has 0 radical (unpaired) electrons. The monoisotopic (exact) mass is 431 g/mol. The molecule has 0 saturated heterocycles. The van der Waals surface area contributed by atoms with Crippen molar-refractivity contribution < 1.29 is 14.8 Å². The Morgan fingerprint density at radius 1 is 1.33 bits per heavy atom. The quantitative estimate of drug-likeness (QED) is 0.225. The number of carbonyl (C=O) groups excluding carboxylic acids is 1. The van der Waals surface area contributed by atoms with Gasteiger partial charge in [-0.25, -0.2) is 0 Å². The fraction of sp³-hybridized carbons (Fsp3) is 0.250. The van der Waals surface area contributed by atoms with Crippen LogP contribution in [0.25, 0.3) is 22.2 Å². The molecule has 3 aromatic rings. The van der Waals surface area contributed by atoms with Gasteiger partial charge in [0.15, 0.2) is 5.88 Å². The molecule has 0 fully saturated rings. The minimum absolute atomic E-state index is 0. The van der Waals surface area contributed by atoms with Crippen LogP contribution in [-0.2, 0) is 0 Å². The van der Waals surface area contributed by atoms with Crippen molar-refractivity contribution in [3.8, 4) is 17.1 Å². The van der Waals surface area contributed by atoms with E-state index in [9.17, 15) is 20.0 Å². The van der Waals surface area contributed by atoms with Crippen LogP contribution in [0.1, 0.15) is 23.7 Å². The van der Waals surface area contributed by atoms with Gasteiger partial charge in [0.25, 0.3) is 5.69 Å². The van der Waals surface area contributed by atoms with Crippen molar-refractivity contribution in [2.24, 2.45) is 0 Å². The molecule has 1 unspecified atom stereocenters. The van der Waals surface area contributed by atoms with Crippen LogP contribution in [0, 0.1) is 15.5 Å². The summed E-state index contributed by atoms with van der Waals surface area (Å²) in [6.45, 7) is 1.93. The van der Waals surface area contributed by atoms with Gasteiger partial charge < -0.3 is 20.4 Å². The van der Waals surface area contributed by atoms with Gasteiger partial charge in [0, 0.05) is 47.3 Å². The number of halogens is 1. The van der Waals surface area contributed by atoms with E-state index in [1.165, 1.54) is 30.5 Å². The highest BCUT2D eigenvalue weighted by Crippen LogP contribution is 2.37. The summed E-state index contributed by atoms with van der Waals surface area (Å²) in [5.74, 6) is -0.573. The first-order valence-corrected chi connectivity index (χ1v) is 8.93. The first kappa shape index (κ1) is 23.0. The third-order valence-electron chi connectivity index (χ3n) is 4.91. The average molecular weight is 432 g/mol. The largest absolute Gasteiger partial charge is 0.494 e. The second-order valence-corrected chi connectivity index (χ2v) is 7.09. The van der Waals surface area contributed by atoms with Gasteiger partial charge in [-0.1, -0.05) is 0 Å². The lowest BCUT2D eigenvalue weighted by molar-refractivity contribution is -0.384. The highest BCUT2D eigenvalue weighted by Gasteiger charge is 2.20. The van der Waals surface area contributed by atoms with Crippen LogP contribution < -0.4 is 0 Å². The molecule has 3 N–H and O–H groups in total. The zero-order chi connectivity index (χ0) is 21.3. The Morgan fingerprint density at radius 3 is 2.60 bits per heavy atom. The third kappa shape index (κ3) is 4.47. The Morgan fingerprint density at radius 2 is 2.03 bits per heavy atom. The Hall–Kier alpha value is -3.30. The maximum Gasteiger partial charge on any atom is 0.270 e. The van der Waals surface area contributed by atoms with Crippen molar-refractivity contribution in [2.75, 3.05) is 14.1 Å². The summed E-state index contributed by atoms with van der Waals surface area (Å²) >= 11 is 0. The summed E-state index contributed by atoms with van der Waals surface area (Å²) in [7, 11) is 3.77. The number of rotatable bonds is 7. The maximum atomic E-state index is 12.5. The summed E-state index contributed by atoms with van der Waals surface area (Å²) in [6, 6.07) is 7.36. The van der Waals surface area contributed by atoms with E-state index in [4.69, 9.17) is 5.41 Å². The Balaban J connectivity index is 0.00000320. The average Bonchev–Trinajstić information content (AvgIpc) is 3.02. The first-order valence-electron chi connectivity index (χ1n) is 8.93. The standard InChI is InChI=1S/C20H21N5O4.ClH/c1-11(24(2)3)8-15(21)19(26)12-4-6-17(22-10-12)18-14-9-13(25(28)29)5-7-16(14)23-20(18)27;/h4-7,9-11,21,23,27H,8H2,1-3H3;1H. The van der Waals surface area contributed by atoms with Crippen molar-refractivity contribution in [2.45, 2.75) is 19.4 Å². The van der Waals surface area contributed by atoms with Gasteiger partial charge in [-0.05, 0) is 39.2 Å². The van der Waals surface area contributed by atoms with Crippen LogP contribution in [0.5, 0.6) is 5.88 Å². The number of pyridine rings is 1. The van der Waals surface area contributed by atoms with Gasteiger partial charge in [-0.15, -0.1) is 12.4 Å². The Bertz CT molecular complexity index is 1110. The number of carbonyl (C=O) groups is 1. The fourth-order valence-corrected chi connectivity index (χ4v) is 2.96. The van der Waals surface area contributed by atoms with Crippen LogP contribution >= 0.6 is 12.4 Å². The molecule has 3 rings (SSSR count). The molecule has 158 valence electrons. The molecular formula is C20H22ClN5O4. The van der Waals surface area contributed by atoms with E-state index in [0.717, 1.165) is 0 Å². The van der Waals surface area contributed by atoms with Gasteiger partial charge >= 0.3 is 0 Å². The van der Waals surface area contributed by atoms with Crippen LogP contribution in [0.15, 0.2) is 36.5 Å². The molecule has 0 aliphatic heterocycles. The molecule has 0 amide bonds. The molecule has 0 aliphatic carbocycles. The molecule has 0 bridgehead atoms. The van der Waals surface area contributed by atoms with Gasteiger partial charge in [-0.3, -0.25) is 19.9 Å². The zero-order valence-electron chi connectivity index (χ0n) is 16.7. The van der Waals surface area contributed by atoms with E-state index < -0.39 is 10.7 Å². The molecule has 2 aromatic heterocycles. The molecule has 30 heavy (non-hydrogen) atoms. The number of fused-ring (bicyclic) bond motifs is 1. The topological polar surface area (TPSA) is 136 Å². The number of ketones is 1. The molecule has 2 heterocycles. The number of aromatic nitrogens is 2. The highest BCUT2D eigenvalue weighted by molar-refractivity contribution is 6.44. The normalized spacial score (nSPS) is 11.9. The summed E-state index contributed by atoms with van der Waals surface area (Å²) in [5, 5.41) is 29.8. The van der Waals surface area contributed by atoms with Gasteiger partial charge in [0.05, 0.1) is 21.9 Å². The number of nitrogens with zero attached hydrogens (tertiary/aromatic N) is 3. The lowest BCUT2D eigenvalue weighted by Gasteiger charge is -2.19. The SMILES string of the molecule is CC(CC(=N)C(=O)c1ccc(-c2c(O)[nH]c3ccc([N+](=O)[O-])cc23)nc1)N(C)C.Cl. The van der Waals surface area contributed by atoms with E-state index >= 15 is 0 Å². The highest BCUT2D eigenvalue weighted by atomic mass is 35.5.